The van der Waals surface area contributed by atoms with Gasteiger partial charge in [-0.2, -0.15) is 15.2 Å². The van der Waals surface area contributed by atoms with Crippen molar-refractivity contribution < 1.29 is 9.53 Å². The molecule has 0 atom stereocenters. The number of hydrogen-bond acceptors (Lipinski definition) is 6. The number of carbonyl (C=O) groups is 1. The van der Waals surface area contributed by atoms with E-state index >= 15 is 0 Å². The van der Waals surface area contributed by atoms with Crippen molar-refractivity contribution in [3.8, 4) is 5.88 Å². The lowest BCUT2D eigenvalue weighted by atomic mass is 9.96. The molecule has 4 aromatic heterocycles. The minimum absolute atomic E-state index is 0.0989. The van der Waals surface area contributed by atoms with Crippen LogP contribution >= 0.6 is 0 Å². The maximum Gasteiger partial charge on any atom is 0.261 e. The second-order valence-electron chi connectivity index (χ2n) is 7.14. The van der Waals surface area contributed by atoms with Crippen LogP contribution in [0.15, 0.2) is 30.9 Å². The number of fused-ring (bicyclic) bond motifs is 2. The molecule has 0 aromatic carbocycles. The third kappa shape index (κ3) is 2.84. The Hall–Kier alpha value is -3.49. The Labute approximate surface area is 160 Å². The quantitative estimate of drug-likeness (QED) is 0.587. The highest BCUT2D eigenvalue weighted by atomic mass is 16.5. The highest BCUT2D eigenvalue weighted by Crippen LogP contribution is 2.29. The summed E-state index contributed by atoms with van der Waals surface area (Å²) >= 11 is 0. The van der Waals surface area contributed by atoms with Gasteiger partial charge in [-0.15, -0.1) is 0 Å². The molecule has 5 rings (SSSR count). The van der Waals surface area contributed by atoms with Crippen LogP contribution in [0.4, 0.5) is 5.69 Å². The summed E-state index contributed by atoms with van der Waals surface area (Å²) in [5.41, 5.74) is 3.03. The van der Waals surface area contributed by atoms with Gasteiger partial charge in [0.05, 0.1) is 6.20 Å². The zero-order valence-corrected chi connectivity index (χ0v) is 15.6. The molecule has 4 aromatic rings. The van der Waals surface area contributed by atoms with Gasteiger partial charge in [0, 0.05) is 31.0 Å². The largest absolute Gasteiger partial charge is 0.474 e. The second-order valence-corrected chi connectivity index (χ2v) is 7.14. The monoisotopic (exact) mass is 377 g/mol. The Balaban J connectivity index is 1.52. The number of ether oxygens (including phenoxy) is 1. The molecule has 142 valence electrons. The van der Waals surface area contributed by atoms with Crippen molar-refractivity contribution in [3.63, 3.8) is 0 Å². The Bertz CT molecular complexity index is 1210. The van der Waals surface area contributed by atoms with Crippen molar-refractivity contribution in [2.45, 2.75) is 32.3 Å². The molecule has 0 saturated heterocycles. The van der Waals surface area contributed by atoms with Crippen molar-refractivity contribution in [1.82, 2.24) is 29.4 Å². The number of nitrogens with one attached hydrogen (secondary N) is 1. The number of anilines is 1. The van der Waals surface area contributed by atoms with Crippen LogP contribution in [0.1, 0.15) is 35.2 Å². The van der Waals surface area contributed by atoms with Crippen LogP contribution in [-0.2, 0) is 7.05 Å². The predicted octanol–water partition coefficient (Wildman–Crippen LogP) is 2.50. The number of amides is 1. The van der Waals surface area contributed by atoms with Crippen LogP contribution in [0, 0.1) is 6.92 Å². The number of carbonyl (C=O) groups excluding carboxylic acids is 1. The van der Waals surface area contributed by atoms with E-state index in [0.717, 1.165) is 30.2 Å². The van der Waals surface area contributed by atoms with Gasteiger partial charge in [-0.3, -0.25) is 9.48 Å². The van der Waals surface area contributed by atoms with Crippen molar-refractivity contribution in [1.29, 1.82) is 0 Å². The standard InChI is InChI=1S/C19H19N7O2/c1-11-7-20-17-15(8-21-26(17)9-11)22-18(27)14-6-12-10-25(2)24-16(12)23-19(14)28-13-4-3-5-13/h6-10,13H,3-5H2,1-2H3,(H,22,27). The Kier molecular flexibility index (Phi) is 3.75. The molecule has 1 N–H and O–H groups in total. The molecule has 9 heteroatoms. The summed E-state index contributed by atoms with van der Waals surface area (Å²) in [4.78, 5) is 21.9. The van der Waals surface area contributed by atoms with Crippen molar-refractivity contribution in [2.24, 2.45) is 7.05 Å². The van der Waals surface area contributed by atoms with Crippen LogP contribution < -0.4 is 10.1 Å². The molecule has 1 aliphatic rings. The molecule has 0 aliphatic heterocycles. The van der Waals surface area contributed by atoms with Gasteiger partial charge >= 0.3 is 0 Å². The zero-order chi connectivity index (χ0) is 19.3. The minimum atomic E-state index is -0.315. The summed E-state index contributed by atoms with van der Waals surface area (Å²) < 4.78 is 9.29. The number of pyridine rings is 1. The van der Waals surface area contributed by atoms with Gasteiger partial charge in [0.1, 0.15) is 17.4 Å². The highest BCUT2D eigenvalue weighted by molar-refractivity contribution is 6.08. The number of aromatic nitrogens is 6. The Morgan fingerprint density at radius 2 is 2.14 bits per heavy atom. The third-order valence-corrected chi connectivity index (χ3v) is 4.88. The van der Waals surface area contributed by atoms with Crippen LogP contribution in [-0.4, -0.2) is 41.4 Å². The van der Waals surface area contributed by atoms with Crippen LogP contribution in [0.25, 0.3) is 16.7 Å². The van der Waals surface area contributed by atoms with E-state index in [4.69, 9.17) is 4.74 Å². The van der Waals surface area contributed by atoms with Gasteiger partial charge in [-0.05, 0) is 37.8 Å². The lowest BCUT2D eigenvalue weighted by Gasteiger charge is -2.26. The van der Waals surface area contributed by atoms with Crippen molar-refractivity contribution in [2.75, 3.05) is 5.32 Å². The van der Waals surface area contributed by atoms with Gasteiger partial charge in [-0.1, -0.05) is 0 Å². The molecule has 1 aliphatic carbocycles. The number of aryl methyl sites for hydroxylation is 2. The first-order valence-electron chi connectivity index (χ1n) is 9.19. The number of rotatable bonds is 4. The molecule has 28 heavy (non-hydrogen) atoms. The molecule has 4 heterocycles. The first-order chi connectivity index (χ1) is 13.6. The van der Waals surface area contributed by atoms with Crippen LogP contribution in [0.3, 0.4) is 0 Å². The molecular formula is C19H19N7O2. The molecule has 0 unspecified atom stereocenters. The van der Waals surface area contributed by atoms with E-state index < -0.39 is 0 Å². The fourth-order valence-electron chi connectivity index (χ4n) is 3.20. The van der Waals surface area contributed by atoms with E-state index in [-0.39, 0.29) is 12.0 Å². The Morgan fingerprint density at radius 1 is 1.29 bits per heavy atom. The zero-order valence-electron chi connectivity index (χ0n) is 15.6. The van der Waals surface area contributed by atoms with E-state index in [9.17, 15) is 4.79 Å². The SMILES string of the molecule is Cc1cnc2c(NC(=O)c3cc4cn(C)nc4nc3OC3CCC3)cnn2c1. The normalized spacial score (nSPS) is 14.4. The summed E-state index contributed by atoms with van der Waals surface area (Å²) in [6, 6.07) is 1.77. The molecule has 1 saturated carbocycles. The predicted molar refractivity (Wildman–Crippen MR) is 102 cm³/mol. The van der Waals surface area contributed by atoms with E-state index in [1.807, 2.05) is 26.4 Å². The molecule has 9 nitrogen and oxygen atoms in total. The fourth-order valence-corrected chi connectivity index (χ4v) is 3.20. The summed E-state index contributed by atoms with van der Waals surface area (Å²) in [5.74, 6) is -0.00136. The first-order valence-corrected chi connectivity index (χ1v) is 9.19. The first kappa shape index (κ1) is 16.7. The van der Waals surface area contributed by atoms with Crippen LogP contribution in [0.2, 0.25) is 0 Å². The molecule has 0 bridgehead atoms. The minimum Gasteiger partial charge on any atom is -0.474 e. The maximum atomic E-state index is 13.1. The number of hydrogen-bond donors (Lipinski definition) is 1. The summed E-state index contributed by atoms with van der Waals surface area (Å²) in [6.45, 7) is 1.94. The lowest BCUT2D eigenvalue weighted by molar-refractivity contribution is 0.0981. The van der Waals surface area contributed by atoms with Gasteiger partial charge in [0.15, 0.2) is 11.3 Å². The molecule has 1 amide bonds. The second kappa shape index (κ2) is 6.29. The molecular weight excluding hydrogens is 358 g/mol. The molecule has 0 radical (unpaired) electrons. The van der Waals surface area contributed by atoms with Gasteiger partial charge in [0.25, 0.3) is 5.91 Å². The van der Waals surface area contributed by atoms with Gasteiger partial charge in [-0.25, -0.2) is 9.50 Å². The van der Waals surface area contributed by atoms with Gasteiger partial charge < -0.3 is 10.1 Å². The Morgan fingerprint density at radius 3 is 2.93 bits per heavy atom. The van der Waals surface area contributed by atoms with E-state index in [1.54, 1.807) is 27.7 Å². The fraction of sp³-hybridized carbons (Fsp3) is 0.316. The summed E-state index contributed by atoms with van der Waals surface area (Å²) in [7, 11) is 1.82. The highest BCUT2D eigenvalue weighted by Gasteiger charge is 2.25. The lowest BCUT2D eigenvalue weighted by Crippen LogP contribution is -2.26. The molecule has 0 spiro atoms. The van der Waals surface area contributed by atoms with E-state index in [2.05, 4.69) is 25.5 Å². The smallest absolute Gasteiger partial charge is 0.261 e. The van der Waals surface area contributed by atoms with Crippen molar-refractivity contribution >= 4 is 28.3 Å². The maximum absolute atomic E-state index is 13.1. The number of nitrogens with zero attached hydrogens (tertiary/aromatic N) is 6. The average molecular weight is 377 g/mol. The van der Waals surface area contributed by atoms with E-state index in [0.29, 0.717) is 28.4 Å². The summed E-state index contributed by atoms with van der Waals surface area (Å²) in [6.07, 6.45) is 10.2. The topological polar surface area (TPSA) is 99.2 Å². The van der Waals surface area contributed by atoms with E-state index in [1.165, 1.54) is 0 Å². The summed E-state index contributed by atoms with van der Waals surface area (Å²) in [5, 5.41) is 12.2. The van der Waals surface area contributed by atoms with Crippen molar-refractivity contribution in [3.05, 3.63) is 42.0 Å². The average Bonchev–Trinajstić information content (AvgIpc) is 3.18. The third-order valence-electron chi connectivity index (χ3n) is 4.88. The molecule has 1 fully saturated rings. The van der Waals surface area contributed by atoms with Gasteiger partial charge in [0.2, 0.25) is 5.88 Å². The van der Waals surface area contributed by atoms with Crippen LogP contribution in [0.5, 0.6) is 5.88 Å².